The molecule has 0 fully saturated rings. The van der Waals surface area contributed by atoms with E-state index < -0.39 is 5.97 Å². The van der Waals surface area contributed by atoms with E-state index in [4.69, 9.17) is 16.3 Å². The summed E-state index contributed by atoms with van der Waals surface area (Å²) in [5.41, 5.74) is 0. The van der Waals surface area contributed by atoms with Gasteiger partial charge in [0.15, 0.2) is 12.4 Å². The molecule has 1 rings (SSSR count). The SMILES string of the molecule is CC(C)[C@@H](C)NC(=O)COC(=O)CCC(=O)c1ccc(Cl)s1. The zero-order valence-corrected chi connectivity index (χ0v) is 14.4. The summed E-state index contributed by atoms with van der Waals surface area (Å²) in [6.07, 6.45) is -0.0128. The van der Waals surface area contributed by atoms with E-state index in [0.29, 0.717) is 15.1 Å². The predicted octanol–water partition coefficient (Wildman–Crippen LogP) is 3.07. The number of ketones is 1. The van der Waals surface area contributed by atoms with Crippen LogP contribution in [0.4, 0.5) is 0 Å². The first-order valence-electron chi connectivity index (χ1n) is 7.03. The fourth-order valence-corrected chi connectivity index (χ4v) is 2.49. The van der Waals surface area contributed by atoms with Gasteiger partial charge < -0.3 is 10.1 Å². The minimum absolute atomic E-state index is 0.0105. The van der Waals surface area contributed by atoms with Crippen molar-refractivity contribution in [3.05, 3.63) is 21.3 Å². The number of hydrogen-bond acceptors (Lipinski definition) is 5. The smallest absolute Gasteiger partial charge is 0.306 e. The first kappa shape index (κ1) is 18.6. The maximum Gasteiger partial charge on any atom is 0.306 e. The number of halogens is 1. The monoisotopic (exact) mass is 345 g/mol. The summed E-state index contributed by atoms with van der Waals surface area (Å²) in [5, 5.41) is 2.73. The van der Waals surface area contributed by atoms with Crippen molar-refractivity contribution >= 4 is 40.6 Å². The standard InChI is InChI=1S/C15H20ClNO4S/c1-9(2)10(3)17-14(19)8-21-15(20)7-4-11(18)12-5-6-13(16)22-12/h5-6,9-10H,4,7-8H2,1-3H3,(H,17,19)/t10-/m1/s1. The number of amides is 1. The largest absolute Gasteiger partial charge is 0.456 e. The second-order valence-corrected chi connectivity index (χ2v) is 7.00. The summed E-state index contributed by atoms with van der Waals surface area (Å²) in [5.74, 6) is -0.768. The van der Waals surface area contributed by atoms with Gasteiger partial charge in [0.05, 0.1) is 15.6 Å². The molecule has 5 nitrogen and oxygen atoms in total. The van der Waals surface area contributed by atoms with E-state index in [-0.39, 0.29) is 37.2 Å². The summed E-state index contributed by atoms with van der Waals surface area (Å²) in [7, 11) is 0. The molecular formula is C15H20ClNO4S. The molecule has 122 valence electrons. The summed E-state index contributed by atoms with van der Waals surface area (Å²) in [4.78, 5) is 35.4. The Kier molecular flexibility index (Phi) is 7.55. The summed E-state index contributed by atoms with van der Waals surface area (Å²) in [6, 6.07) is 3.27. The average molecular weight is 346 g/mol. The summed E-state index contributed by atoms with van der Waals surface area (Å²) in [6.45, 7) is 5.53. The molecule has 1 aromatic rings. The molecule has 0 radical (unpaired) electrons. The zero-order valence-electron chi connectivity index (χ0n) is 12.8. The van der Waals surface area contributed by atoms with E-state index in [0.717, 1.165) is 0 Å². The molecule has 0 aromatic carbocycles. The van der Waals surface area contributed by atoms with Crippen LogP contribution in [0.2, 0.25) is 4.34 Å². The second kappa shape index (κ2) is 8.90. The fraction of sp³-hybridized carbons (Fsp3) is 0.533. The first-order valence-corrected chi connectivity index (χ1v) is 8.22. The third-order valence-corrected chi connectivity index (χ3v) is 4.43. The van der Waals surface area contributed by atoms with E-state index in [1.54, 1.807) is 12.1 Å². The molecule has 0 spiro atoms. The maximum atomic E-state index is 11.8. The van der Waals surface area contributed by atoms with Crippen LogP contribution >= 0.6 is 22.9 Å². The lowest BCUT2D eigenvalue weighted by Gasteiger charge is -2.17. The van der Waals surface area contributed by atoms with Crippen molar-refractivity contribution in [1.82, 2.24) is 5.32 Å². The molecule has 1 aromatic heterocycles. The number of esters is 1. The molecule has 0 unspecified atom stereocenters. The average Bonchev–Trinajstić information content (AvgIpc) is 2.89. The van der Waals surface area contributed by atoms with E-state index in [9.17, 15) is 14.4 Å². The van der Waals surface area contributed by atoms with Gasteiger partial charge in [-0.1, -0.05) is 25.4 Å². The van der Waals surface area contributed by atoms with Crippen LogP contribution in [-0.2, 0) is 14.3 Å². The Morgan fingerprint density at radius 3 is 2.45 bits per heavy atom. The first-order chi connectivity index (χ1) is 10.3. The van der Waals surface area contributed by atoms with Crippen molar-refractivity contribution in [2.45, 2.75) is 39.7 Å². The molecule has 22 heavy (non-hydrogen) atoms. The molecule has 1 amide bonds. The van der Waals surface area contributed by atoms with Gasteiger partial charge in [-0.3, -0.25) is 14.4 Å². The van der Waals surface area contributed by atoms with E-state index >= 15 is 0 Å². The molecule has 0 bridgehead atoms. The van der Waals surface area contributed by atoms with E-state index in [2.05, 4.69) is 5.32 Å². The highest BCUT2D eigenvalue weighted by Gasteiger charge is 2.15. The van der Waals surface area contributed by atoms with Crippen LogP contribution in [0.1, 0.15) is 43.3 Å². The van der Waals surface area contributed by atoms with Crippen LogP contribution in [0, 0.1) is 5.92 Å². The quantitative estimate of drug-likeness (QED) is 0.580. The normalized spacial score (nSPS) is 12.0. The Balaban J connectivity index is 2.26. The topological polar surface area (TPSA) is 72.5 Å². The lowest BCUT2D eigenvalue weighted by molar-refractivity contribution is -0.148. The van der Waals surface area contributed by atoms with Gasteiger partial charge in [-0.25, -0.2) is 0 Å². The highest BCUT2D eigenvalue weighted by Crippen LogP contribution is 2.22. The Morgan fingerprint density at radius 2 is 1.91 bits per heavy atom. The number of ether oxygens (including phenoxy) is 1. The van der Waals surface area contributed by atoms with Crippen LogP contribution in [0.15, 0.2) is 12.1 Å². The molecule has 0 aliphatic rings. The number of Topliss-reactive ketones (excluding diaryl/α,β-unsaturated/α-hetero) is 1. The van der Waals surface area contributed by atoms with Gasteiger partial charge in [0.1, 0.15) is 0 Å². The maximum absolute atomic E-state index is 11.8. The number of carbonyl (C=O) groups is 3. The Morgan fingerprint density at radius 1 is 1.23 bits per heavy atom. The third-order valence-electron chi connectivity index (χ3n) is 3.16. The third kappa shape index (κ3) is 6.58. The van der Waals surface area contributed by atoms with Crippen molar-refractivity contribution in [3.8, 4) is 0 Å². The predicted molar refractivity (Wildman–Crippen MR) is 86.3 cm³/mol. The van der Waals surface area contributed by atoms with Crippen molar-refractivity contribution in [1.29, 1.82) is 0 Å². The Hall–Kier alpha value is -1.40. The molecule has 0 saturated carbocycles. The van der Waals surface area contributed by atoms with Gasteiger partial charge in [-0.2, -0.15) is 0 Å². The Labute approximate surface area is 139 Å². The molecular weight excluding hydrogens is 326 g/mol. The highest BCUT2D eigenvalue weighted by molar-refractivity contribution is 7.18. The van der Waals surface area contributed by atoms with E-state index in [1.807, 2.05) is 20.8 Å². The van der Waals surface area contributed by atoms with Gasteiger partial charge in [0.2, 0.25) is 0 Å². The van der Waals surface area contributed by atoms with Gasteiger partial charge in [-0.05, 0) is 25.0 Å². The van der Waals surface area contributed by atoms with Crippen LogP contribution in [0.5, 0.6) is 0 Å². The number of carbonyl (C=O) groups excluding carboxylic acids is 3. The second-order valence-electron chi connectivity index (χ2n) is 5.29. The minimum atomic E-state index is -0.566. The van der Waals surface area contributed by atoms with Crippen LogP contribution in [0.25, 0.3) is 0 Å². The lowest BCUT2D eigenvalue weighted by atomic mass is 10.1. The minimum Gasteiger partial charge on any atom is -0.456 e. The molecule has 0 aliphatic carbocycles. The number of hydrogen-bond donors (Lipinski definition) is 1. The van der Waals surface area contributed by atoms with Gasteiger partial charge in [0, 0.05) is 12.5 Å². The lowest BCUT2D eigenvalue weighted by Crippen LogP contribution is -2.38. The molecule has 0 aliphatic heterocycles. The number of nitrogens with one attached hydrogen (secondary N) is 1. The number of rotatable bonds is 8. The number of thiophene rings is 1. The van der Waals surface area contributed by atoms with Crippen LogP contribution in [0.3, 0.4) is 0 Å². The molecule has 1 N–H and O–H groups in total. The zero-order chi connectivity index (χ0) is 16.7. The fourth-order valence-electron chi connectivity index (χ4n) is 1.48. The van der Waals surface area contributed by atoms with Crippen molar-refractivity contribution < 1.29 is 19.1 Å². The van der Waals surface area contributed by atoms with Crippen molar-refractivity contribution in [2.75, 3.05) is 6.61 Å². The molecule has 0 saturated heterocycles. The highest BCUT2D eigenvalue weighted by atomic mass is 35.5. The molecule has 1 heterocycles. The van der Waals surface area contributed by atoms with E-state index in [1.165, 1.54) is 11.3 Å². The van der Waals surface area contributed by atoms with Crippen LogP contribution in [-0.4, -0.2) is 30.3 Å². The van der Waals surface area contributed by atoms with Crippen LogP contribution < -0.4 is 5.32 Å². The van der Waals surface area contributed by atoms with Gasteiger partial charge >= 0.3 is 5.97 Å². The summed E-state index contributed by atoms with van der Waals surface area (Å²) < 4.78 is 5.38. The van der Waals surface area contributed by atoms with Crippen molar-refractivity contribution in [2.24, 2.45) is 5.92 Å². The summed E-state index contributed by atoms with van der Waals surface area (Å²) >= 11 is 6.92. The molecule has 1 atom stereocenters. The van der Waals surface area contributed by atoms with Gasteiger partial charge in [-0.15, -0.1) is 11.3 Å². The van der Waals surface area contributed by atoms with Crippen molar-refractivity contribution in [3.63, 3.8) is 0 Å². The van der Waals surface area contributed by atoms with Gasteiger partial charge in [0.25, 0.3) is 5.91 Å². The molecule has 7 heteroatoms. The Bertz CT molecular complexity index is 541.